The third kappa shape index (κ3) is 3.76. The summed E-state index contributed by atoms with van der Waals surface area (Å²) in [5, 5.41) is 8.71. The lowest BCUT2D eigenvalue weighted by atomic mass is 10.2. The first-order chi connectivity index (χ1) is 8.18. The lowest BCUT2D eigenvalue weighted by Crippen LogP contribution is -2.35. The van der Waals surface area contributed by atoms with Crippen molar-refractivity contribution < 1.29 is 18.3 Å². The summed E-state index contributed by atoms with van der Waals surface area (Å²) < 4.78 is 26.0. The first-order valence-corrected chi connectivity index (χ1v) is 7.85. The zero-order valence-corrected chi connectivity index (χ0v) is 12.0. The quantitative estimate of drug-likeness (QED) is 0.730. The van der Waals surface area contributed by atoms with Crippen LogP contribution in [0.3, 0.4) is 0 Å². The van der Waals surface area contributed by atoms with Gasteiger partial charge < -0.3 is 10.1 Å². The molecule has 0 bridgehead atoms. The van der Waals surface area contributed by atoms with Gasteiger partial charge in [0.2, 0.25) is 10.0 Å². The van der Waals surface area contributed by atoms with Crippen LogP contribution < -0.4 is 4.72 Å². The Morgan fingerprint density at radius 3 is 2.61 bits per heavy atom. The summed E-state index contributed by atoms with van der Waals surface area (Å²) in [5.41, 5.74) is -0.153. The highest BCUT2D eigenvalue weighted by molar-refractivity contribution is 8.00. The molecule has 0 saturated heterocycles. The molecule has 0 aliphatic heterocycles. The van der Waals surface area contributed by atoms with E-state index in [0.717, 1.165) is 12.3 Å². The van der Waals surface area contributed by atoms with Gasteiger partial charge in [0.25, 0.3) is 0 Å². The normalized spacial score (nSPS) is 12.6. The highest BCUT2D eigenvalue weighted by atomic mass is 32.2. The third-order valence-electron chi connectivity index (χ3n) is 2.44. The fourth-order valence-corrected chi connectivity index (χ4v) is 2.59. The van der Waals surface area contributed by atoms with Crippen LogP contribution in [0.15, 0.2) is 17.2 Å². The van der Waals surface area contributed by atoms with E-state index >= 15 is 0 Å². The van der Waals surface area contributed by atoms with Crippen molar-refractivity contribution in [3.8, 4) is 0 Å². The second-order valence-corrected chi connectivity index (χ2v) is 7.62. The first kappa shape index (κ1) is 15.1. The number of H-pyrrole nitrogens is 1. The van der Waals surface area contributed by atoms with E-state index in [0.29, 0.717) is 0 Å². The fraction of sp³-hybridized carbons (Fsp3) is 0.500. The predicted octanol–water partition coefficient (Wildman–Crippen LogP) is 1.13. The van der Waals surface area contributed by atoms with Crippen LogP contribution in [0.25, 0.3) is 0 Å². The maximum Gasteiger partial charge on any atom is 0.352 e. The first-order valence-electron chi connectivity index (χ1n) is 5.14. The van der Waals surface area contributed by atoms with Crippen molar-refractivity contribution in [1.82, 2.24) is 9.71 Å². The average molecular weight is 292 g/mol. The number of carbonyl (C=O) groups is 1. The summed E-state index contributed by atoms with van der Waals surface area (Å²) in [6.07, 6.45) is 3.06. The fourth-order valence-electron chi connectivity index (χ4n) is 1.08. The highest BCUT2D eigenvalue weighted by Gasteiger charge is 2.22. The van der Waals surface area contributed by atoms with Gasteiger partial charge in [-0.25, -0.2) is 17.9 Å². The van der Waals surface area contributed by atoms with Gasteiger partial charge in [-0.1, -0.05) is 0 Å². The van der Waals surface area contributed by atoms with Crippen LogP contribution in [0.4, 0.5) is 0 Å². The molecule has 102 valence electrons. The number of sulfonamides is 1. The van der Waals surface area contributed by atoms with Crippen LogP contribution >= 0.6 is 11.8 Å². The Morgan fingerprint density at radius 1 is 1.56 bits per heavy atom. The molecule has 0 fully saturated rings. The Balaban J connectivity index is 2.83. The minimum Gasteiger partial charge on any atom is -0.477 e. The molecule has 0 saturated carbocycles. The summed E-state index contributed by atoms with van der Waals surface area (Å²) in [4.78, 5) is 13.0. The lowest BCUT2D eigenvalue weighted by Gasteiger charge is -2.21. The van der Waals surface area contributed by atoms with Gasteiger partial charge in [0.05, 0.1) is 0 Å². The molecule has 0 unspecified atom stereocenters. The summed E-state index contributed by atoms with van der Waals surface area (Å²) >= 11 is 1.54. The molecule has 1 aromatic heterocycles. The molecule has 0 aliphatic rings. The number of hydrogen-bond donors (Lipinski definition) is 3. The monoisotopic (exact) mass is 292 g/mol. The standard InChI is InChI=1S/C10H16N2O4S2/c1-10(2,17-3)6-12-18(15,16)7-4-8(9(13)14)11-5-7/h4-5,11-12H,6H2,1-3H3,(H,13,14). The molecule has 6 nitrogen and oxygen atoms in total. The van der Waals surface area contributed by atoms with Gasteiger partial charge in [-0.05, 0) is 26.2 Å². The number of aromatic nitrogens is 1. The van der Waals surface area contributed by atoms with E-state index in [9.17, 15) is 13.2 Å². The smallest absolute Gasteiger partial charge is 0.352 e. The average Bonchev–Trinajstić information content (AvgIpc) is 2.77. The Kier molecular flexibility index (Phi) is 4.46. The number of rotatable bonds is 6. The molecule has 1 rings (SSSR count). The number of nitrogens with one attached hydrogen (secondary N) is 2. The van der Waals surface area contributed by atoms with Crippen molar-refractivity contribution in [2.45, 2.75) is 23.5 Å². The second-order valence-electron chi connectivity index (χ2n) is 4.34. The Hall–Kier alpha value is -0.990. The van der Waals surface area contributed by atoms with Gasteiger partial charge >= 0.3 is 5.97 Å². The number of thioether (sulfide) groups is 1. The molecular weight excluding hydrogens is 276 g/mol. The van der Waals surface area contributed by atoms with E-state index in [1.165, 1.54) is 0 Å². The zero-order valence-electron chi connectivity index (χ0n) is 10.4. The van der Waals surface area contributed by atoms with Gasteiger partial charge in [0, 0.05) is 17.5 Å². The van der Waals surface area contributed by atoms with E-state index in [2.05, 4.69) is 9.71 Å². The molecule has 0 amide bonds. The summed E-state index contributed by atoms with van der Waals surface area (Å²) in [7, 11) is -3.67. The topological polar surface area (TPSA) is 99.3 Å². The Morgan fingerprint density at radius 2 is 2.17 bits per heavy atom. The summed E-state index contributed by atoms with van der Waals surface area (Å²) in [6, 6.07) is 1.09. The maximum absolute atomic E-state index is 11.9. The van der Waals surface area contributed by atoms with E-state index in [1.807, 2.05) is 20.1 Å². The van der Waals surface area contributed by atoms with Gasteiger partial charge in [-0.15, -0.1) is 0 Å². The molecule has 0 spiro atoms. The molecule has 0 aliphatic carbocycles. The maximum atomic E-state index is 11.9. The van der Waals surface area contributed by atoms with Crippen LogP contribution in [0, 0.1) is 0 Å². The number of aromatic amines is 1. The number of aromatic carboxylic acids is 1. The van der Waals surface area contributed by atoms with Crippen LogP contribution in [0.5, 0.6) is 0 Å². The Bertz CT molecular complexity index is 534. The van der Waals surface area contributed by atoms with Crippen molar-refractivity contribution >= 4 is 27.8 Å². The summed E-state index contributed by atoms with van der Waals surface area (Å²) in [6.45, 7) is 4.10. The molecule has 1 aromatic rings. The van der Waals surface area contributed by atoms with Gasteiger partial charge in [-0.3, -0.25) is 0 Å². The molecule has 0 radical (unpaired) electrons. The molecule has 8 heteroatoms. The third-order valence-corrected chi connectivity index (χ3v) is 5.07. The Labute approximate surface area is 110 Å². The molecular formula is C10H16N2O4S2. The van der Waals surface area contributed by atoms with Crippen molar-refractivity contribution in [3.05, 3.63) is 18.0 Å². The van der Waals surface area contributed by atoms with E-state index in [1.54, 1.807) is 11.8 Å². The highest BCUT2D eigenvalue weighted by Crippen LogP contribution is 2.20. The number of carboxylic acid groups (broad SMARTS) is 1. The van der Waals surface area contributed by atoms with Crippen LogP contribution in [0.2, 0.25) is 0 Å². The summed E-state index contributed by atoms with van der Waals surface area (Å²) in [5.74, 6) is -1.19. The number of hydrogen-bond acceptors (Lipinski definition) is 4. The van der Waals surface area contributed by atoms with Crippen LogP contribution in [0.1, 0.15) is 24.3 Å². The molecule has 0 aromatic carbocycles. The van der Waals surface area contributed by atoms with Crippen molar-refractivity contribution in [2.75, 3.05) is 12.8 Å². The van der Waals surface area contributed by atoms with Gasteiger partial charge in [-0.2, -0.15) is 11.8 Å². The number of carboxylic acids is 1. The minimum atomic E-state index is -3.67. The van der Waals surface area contributed by atoms with Crippen LogP contribution in [-0.4, -0.2) is 42.0 Å². The molecule has 1 heterocycles. The van der Waals surface area contributed by atoms with Crippen molar-refractivity contribution in [3.63, 3.8) is 0 Å². The van der Waals surface area contributed by atoms with Crippen molar-refractivity contribution in [1.29, 1.82) is 0 Å². The van der Waals surface area contributed by atoms with E-state index in [4.69, 9.17) is 5.11 Å². The predicted molar refractivity (Wildman–Crippen MR) is 70.5 cm³/mol. The largest absolute Gasteiger partial charge is 0.477 e. The second kappa shape index (κ2) is 5.33. The van der Waals surface area contributed by atoms with Crippen molar-refractivity contribution in [2.24, 2.45) is 0 Å². The lowest BCUT2D eigenvalue weighted by molar-refractivity contribution is 0.0691. The van der Waals surface area contributed by atoms with Crippen LogP contribution in [-0.2, 0) is 10.0 Å². The minimum absolute atomic E-state index is 0.0724. The molecule has 0 atom stereocenters. The van der Waals surface area contributed by atoms with E-state index in [-0.39, 0.29) is 21.9 Å². The molecule has 18 heavy (non-hydrogen) atoms. The SMILES string of the molecule is CSC(C)(C)CNS(=O)(=O)c1c[nH]c(C(=O)O)c1. The zero-order chi connectivity index (χ0) is 14.0. The van der Waals surface area contributed by atoms with E-state index < -0.39 is 16.0 Å². The molecule has 3 N–H and O–H groups in total. The van der Waals surface area contributed by atoms with Gasteiger partial charge in [0.1, 0.15) is 10.6 Å². The van der Waals surface area contributed by atoms with Gasteiger partial charge in [0.15, 0.2) is 0 Å².